The Morgan fingerprint density at radius 3 is 1.94 bits per heavy atom. The zero-order valence-corrected chi connectivity index (χ0v) is 12.3. The summed E-state index contributed by atoms with van der Waals surface area (Å²) >= 11 is 0. The number of esters is 1. The zero-order chi connectivity index (χ0) is 13.9. The molecule has 0 heterocycles. The molecular formula is C11H23NO4S. The van der Waals surface area contributed by atoms with Crippen molar-refractivity contribution in [2.45, 2.75) is 58.3 Å². The Bertz CT molecular complexity index is 360. The van der Waals surface area contributed by atoms with Gasteiger partial charge in [0.2, 0.25) is 10.0 Å². The fraction of sp³-hybridized carbons (Fsp3) is 0.909. The van der Waals surface area contributed by atoms with Crippen LogP contribution in [0.4, 0.5) is 0 Å². The van der Waals surface area contributed by atoms with Gasteiger partial charge in [0.05, 0.1) is 11.2 Å². The summed E-state index contributed by atoms with van der Waals surface area (Å²) in [6.45, 7) is 10.2. The van der Waals surface area contributed by atoms with Crippen LogP contribution in [-0.4, -0.2) is 31.3 Å². The highest BCUT2D eigenvalue weighted by Crippen LogP contribution is 2.13. The SMILES string of the molecule is CC(C)(C)OC(=O)CCNS(=O)(=O)C(C)(C)C. The average molecular weight is 265 g/mol. The van der Waals surface area contributed by atoms with Crippen LogP contribution in [0, 0.1) is 0 Å². The van der Waals surface area contributed by atoms with E-state index in [2.05, 4.69) is 4.72 Å². The minimum Gasteiger partial charge on any atom is -0.460 e. The van der Waals surface area contributed by atoms with Gasteiger partial charge in [-0.05, 0) is 41.5 Å². The molecule has 0 saturated heterocycles. The lowest BCUT2D eigenvalue weighted by molar-refractivity contribution is -0.154. The van der Waals surface area contributed by atoms with Crippen molar-refractivity contribution in [2.75, 3.05) is 6.54 Å². The van der Waals surface area contributed by atoms with Crippen molar-refractivity contribution in [3.63, 3.8) is 0 Å². The van der Waals surface area contributed by atoms with Gasteiger partial charge < -0.3 is 4.74 Å². The summed E-state index contributed by atoms with van der Waals surface area (Å²) in [5.74, 6) is -0.408. The maximum atomic E-state index is 11.7. The Hall–Kier alpha value is -0.620. The van der Waals surface area contributed by atoms with Crippen molar-refractivity contribution in [1.82, 2.24) is 4.72 Å². The Kier molecular flexibility index (Phi) is 5.16. The Labute approximate surface area is 104 Å². The molecule has 0 fully saturated rings. The molecule has 5 nitrogen and oxygen atoms in total. The molecule has 0 atom stereocenters. The molecule has 0 radical (unpaired) electrons. The van der Waals surface area contributed by atoms with E-state index in [1.54, 1.807) is 41.5 Å². The average Bonchev–Trinajstić information content (AvgIpc) is 1.97. The van der Waals surface area contributed by atoms with Gasteiger partial charge in [-0.2, -0.15) is 0 Å². The number of rotatable bonds is 4. The largest absolute Gasteiger partial charge is 0.460 e. The normalized spacial score (nSPS) is 13.5. The second-order valence-electron chi connectivity index (χ2n) is 5.85. The van der Waals surface area contributed by atoms with Crippen LogP contribution in [0.2, 0.25) is 0 Å². The molecule has 1 N–H and O–H groups in total. The molecule has 0 aromatic carbocycles. The summed E-state index contributed by atoms with van der Waals surface area (Å²) in [5, 5.41) is 0. The monoisotopic (exact) mass is 265 g/mol. The number of nitrogens with one attached hydrogen (secondary N) is 1. The molecule has 17 heavy (non-hydrogen) atoms. The molecule has 0 aliphatic carbocycles. The van der Waals surface area contributed by atoms with E-state index in [1.165, 1.54) is 0 Å². The molecule has 0 bridgehead atoms. The lowest BCUT2D eigenvalue weighted by atomic mass is 10.2. The Balaban J connectivity index is 4.15. The molecule has 0 saturated carbocycles. The number of hydrogen-bond donors (Lipinski definition) is 1. The van der Waals surface area contributed by atoms with E-state index < -0.39 is 26.3 Å². The van der Waals surface area contributed by atoms with Gasteiger partial charge in [-0.25, -0.2) is 13.1 Å². The van der Waals surface area contributed by atoms with Gasteiger partial charge in [0.1, 0.15) is 5.60 Å². The lowest BCUT2D eigenvalue weighted by Gasteiger charge is -2.21. The summed E-state index contributed by atoms with van der Waals surface area (Å²) in [5.41, 5.74) is -0.542. The van der Waals surface area contributed by atoms with Gasteiger partial charge in [-0.15, -0.1) is 0 Å². The molecule has 102 valence electrons. The van der Waals surface area contributed by atoms with Crippen LogP contribution in [-0.2, 0) is 19.6 Å². The third kappa shape index (κ3) is 6.63. The first-order valence-electron chi connectivity index (χ1n) is 5.56. The minimum atomic E-state index is -3.39. The van der Waals surface area contributed by atoms with E-state index in [0.717, 1.165) is 0 Å². The van der Waals surface area contributed by atoms with Gasteiger partial charge in [0.25, 0.3) is 0 Å². The van der Waals surface area contributed by atoms with Crippen molar-refractivity contribution >= 4 is 16.0 Å². The quantitative estimate of drug-likeness (QED) is 0.781. The first-order chi connectivity index (χ1) is 7.35. The Morgan fingerprint density at radius 2 is 1.59 bits per heavy atom. The molecule has 6 heteroatoms. The second-order valence-corrected chi connectivity index (χ2v) is 8.37. The highest BCUT2D eigenvalue weighted by molar-refractivity contribution is 7.90. The minimum absolute atomic E-state index is 0.0343. The predicted molar refractivity (Wildman–Crippen MR) is 67.1 cm³/mol. The van der Waals surface area contributed by atoms with Crippen LogP contribution in [0.15, 0.2) is 0 Å². The fourth-order valence-electron chi connectivity index (χ4n) is 0.897. The van der Waals surface area contributed by atoms with E-state index in [1.807, 2.05) is 0 Å². The van der Waals surface area contributed by atoms with Gasteiger partial charge in [-0.3, -0.25) is 4.79 Å². The molecule has 0 aliphatic heterocycles. The van der Waals surface area contributed by atoms with Crippen molar-refractivity contribution < 1.29 is 17.9 Å². The maximum absolute atomic E-state index is 11.7. The highest BCUT2D eigenvalue weighted by Gasteiger charge is 2.28. The molecule has 0 aromatic heterocycles. The fourth-order valence-corrected chi connectivity index (χ4v) is 1.70. The van der Waals surface area contributed by atoms with Crippen LogP contribution in [0.25, 0.3) is 0 Å². The number of ether oxygens (including phenoxy) is 1. The van der Waals surface area contributed by atoms with Gasteiger partial charge in [0.15, 0.2) is 0 Å². The van der Waals surface area contributed by atoms with Crippen LogP contribution >= 0.6 is 0 Å². The van der Waals surface area contributed by atoms with E-state index in [-0.39, 0.29) is 13.0 Å². The molecule has 0 unspecified atom stereocenters. The number of sulfonamides is 1. The lowest BCUT2D eigenvalue weighted by Crippen LogP contribution is -2.40. The first kappa shape index (κ1) is 16.4. The molecular weight excluding hydrogens is 242 g/mol. The highest BCUT2D eigenvalue weighted by atomic mass is 32.2. The van der Waals surface area contributed by atoms with Crippen molar-refractivity contribution in [2.24, 2.45) is 0 Å². The molecule has 0 spiro atoms. The summed E-state index contributed by atoms with van der Waals surface area (Å²) < 4.78 is 29.9. The van der Waals surface area contributed by atoms with Gasteiger partial charge in [0, 0.05) is 6.54 Å². The van der Waals surface area contributed by atoms with Gasteiger partial charge >= 0.3 is 5.97 Å². The molecule has 0 amide bonds. The van der Waals surface area contributed by atoms with Crippen molar-refractivity contribution in [1.29, 1.82) is 0 Å². The summed E-state index contributed by atoms with van der Waals surface area (Å²) in [4.78, 5) is 11.3. The van der Waals surface area contributed by atoms with E-state index in [9.17, 15) is 13.2 Å². The summed E-state index contributed by atoms with van der Waals surface area (Å²) in [6.07, 6.45) is 0.0343. The van der Waals surface area contributed by atoms with E-state index in [4.69, 9.17) is 4.74 Å². The summed E-state index contributed by atoms with van der Waals surface area (Å²) in [7, 11) is -3.39. The second kappa shape index (κ2) is 5.35. The third-order valence-corrected chi connectivity index (χ3v) is 4.04. The van der Waals surface area contributed by atoms with Crippen LogP contribution < -0.4 is 4.72 Å². The zero-order valence-electron chi connectivity index (χ0n) is 11.5. The van der Waals surface area contributed by atoms with Crippen molar-refractivity contribution in [3.05, 3.63) is 0 Å². The number of hydrogen-bond acceptors (Lipinski definition) is 4. The topological polar surface area (TPSA) is 72.5 Å². The predicted octanol–water partition coefficient (Wildman–Crippen LogP) is 1.44. The smallest absolute Gasteiger partial charge is 0.307 e. The molecule has 0 aromatic rings. The molecule has 0 aliphatic rings. The standard InChI is InChI=1S/C11H23NO4S/c1-10(2,3)16-9(13)7-8-12-17(14,15)11(4,5)6/h12H,7-8H2,1-6H3. The molecule has 0 rings (SSSR count). The maximum Gasteiger partial charge on any atom is 0.307 e. The van der Waals surface area contributed by atoms with Crippen LogP contribution in [0.1, 0.15) is 48.0 Å². The first-order valence-corrected chi connectivity index (χ1v) is 7.04. The van der Waals surface area contributed by atoms with Gasteiger partial charge in [-0.1, -0.05) is 0 Å². The number of carbonyl (C=O) groups is 1. The Morgan fingerprint density at radius 1 is 1.12 bits per heavy atom. The van der Waals surface area contributed by atoms with Crippen LogP contribution in [0.3, 0.4) is 0 Å². The summed E-state index contributed by atoms with van der Waals surface area (Å²) in [6, 6.07) is 0. The van der Waals surface area contributed by atoms with E-state index >= 15 is 0 Å². The van der Waals surface area contributed by atoms with Crippen LogP contribution in [0.5, 0.6) is 0 Å². The third-order valence-electron chi connectivity index (χ3n) is 1.85. The number of carbonyl (C=O) groups excluding carboxylic acids is 1. The van der Waals surface area contributed by atoms with Crippen molar-refractivity contribution in [3.8, 4) is 0 Å². The van der Waals surface area contributed by atoms with E-state index in [0.29, 0.717) is 0 Å².